The number of fused-ring (bicyclic) bond motifs is 1. The highest BCUT2D eigenvalue weighted by atomic mass is 32.1. The molecule has 0 bridgehead atoms. The summed E-state index contributed by atoms with van der Waals surface area (Å²) in [6.07, 6.45) is 23.0. The predicted octanol–water partition coefficient (Wildman–Crippen LogP) is 9.02. The zero-order valence-corrected chi connectivity index (χ0v) is 20.9. The molecular weight excluding hydrogens is 382 g/mol. The van der Waals surface area contributed by atoms with E-state index >= 15 is 0 Å². The van der Waals surface area contributed by atoms with Gasteiger partial charge in [-0.2, -0.15) is 0 Å². The fourth-order valence-corrected chi connectivity index (χ4v) is 6.83. The smallest absolute Gasteiger partial charge is 0.0234 e. The molecule has 3 aliphatic carbocycles. The van der Waals surface area contributed by atoms with Gasteiger partial charge in [-0.15, -0.1) is 0 Å². The molecule has 0 radical (unpaired) electrons. The minimum Gasteiger partial charge on any atom is -0.253 e. The van der Waals surface area contributed by atoms with Gasteiger partial charge in [0, 0.05) is 6.04 Å². The first-order valence-electron chi connectivity index (χ1n) is 12.5. The summed E-state index contributed by atoms with van der Waals surface area (Å²) >= 11 is 4.56. The van der Waals surface area contributed by atoms with Crippen LogP contribution in [0.5, 0.6) is 0 Å². The number of nitrogens with zero attached hydrogens (tertiary/aromatic N) is 1. The number of hydrogen-bond donors (Lipinski definition) is 1. The molecule has 0 spiro atoms. The molecule has 3 saturated carbocycles. The molecule has 2 heteroatoms. The maximum atomic E-state index is 4.56. The van der Waals surface area contributed by atoms with Crippen LogP contribution in [0.2, 0.25) is 0 Å². The fourth-order valence-electron chi connectivity index (χ4n) is 6.63. The monoisotopic (exact) mass is 433 g/mol. The summed E-state index contributed by atoms with van der Waals surface area (Å²) in [7, 11) is 2.11. The lowest BCUT2D eigenvalue weighted by Crippen LogP contribution is -2.33. The van der Waals surface area contributed by atoms with Crippen LogP contribution in [-0.2, 0) is 0 Å². The van der Waals surface area contributed by atoms with Gasteiger partial charge >= 0.3 is 0 Å². The van der Waals surface area contributed by atoms with E-state index in [4.69, 9.17) is 0 Å². The fraction of sp³-hybridized carbons (Fsp3) is 0.857. The summed E-state index contributed by atoms with van der Waals surface area (Å²) < 4.78 is 2.12. The van der Waals surface area contributed by atoms with Crippen molar-refractivity contribution in [3.8, 4) is 0 Å². The van der Waals surface area contributed by atoms with Crippen molar-refractivity contribution in [3.63, 3.8) is 0 Å². The van der Waals surface area contributed by atoms with Crippen LogP contribution in [-0.4, -0.2) is 17.4 Å². The van der Waals surface area contributed by atoms with Crippen molar-refractivity contribution in [2.75, 3.05) is 7.05 Å². The molecule has 0 heterocycles. The first-order valence-corrected chi connectivity index (χ1v) is 12.9. The van der Waals surface area contributed by atoms with Crippen LogP contribution in [0.1, 0.15) is 119 Å². The number of hydrogen-bond acceptors (Lipinski definition) is 2. The highest BCUT2D eigenvalue weighted by Gasteiger charge is 2.48. The molecular formula is C28H51NS. The molecule has 0 amide bonds. The van der Waals surface area contributed by atoms with E-state index in [1.807, 2.05) is 0 Å². The van der Waals surface area contributed by atoms with Gasteiger partial charge in [-0.1, -0.05) is 84.1 Å². The van der Waals surface area contributed by atoms with Gasteiger partial charge in [0.1, 0.15) is 0 Å². The second kappa shape index (κ2) is 11.1. The van der Waals surface area contributed by atoms with Crippen LogP contribution in [0.4, 0.5) is 0 Å². The highest BCUT2D eigenvalue weighted by Crippen LogP contribution is 2.58. The SMILES string of the molecule is C.CN(S)C1CCC/C(=C/C=C2\CCCC3(C)C(CCCCC(C)(C)C)CCC23)C1. The molecule has 3 aliphatic rings. The van der Waals surface area contributed by atoms with Crippen LogP contribution in [0.3, 0.4) is 0 Å². The van der Waals surface area contributed by atoms with E-state index in [2.05, 4.69) is 64.0 Å². The van der Waals surface area contributed by atoms with Crippen molar-refractivity contribution in [2.45, 2.75) is 125 Å². The second-order valence-corrected chi connectivity index (χ2v) is 12.5. The van der Waals surface area contributed by atoms with Crippen molar-refractivity contribution < 1.29 is 0 Å². The number of unbranched alkanes of at least 4 members (excludes halogenated alkanes) is 1. The molecule has 3 rings (SSSR count). The predicted molar refractivity (Wildman–Crippen MR) is 138 cm³/mol. The Labute approximate surface area is 194 Å². The Morgan fingerprint density at radius 2 is 1.83 bits per heavy atom. The Bertz CT molecular complexity index is 596. The molecule has 4 atom stereocenters. The summed E-state index contributed by atoms with van der Waals surface area (Å²) in [5.41, 5.74) is 4.50. The van der Waals surface area contributed by atoms with Gasteiger partial charge in [0.25, 0.3) is 0 Å². The topological polar surface area (TPSA) is 3.24 Å². The second-order valence-electron chi connectivity index (χ2n) is 11.9. The van der Waals surface area contributed by atoms with Crippen LogP contribution in [0.25, 0.3) is 0 Å². The van der Waals surface area contributed by atoms with E-state index < -0.39 is 0 Å². The van der Waals surface area contributed by atoms with Gasteiger partial charge < -0.3 is 0 Å². The number of allylic oxidation sites excluding steroid dienone is 3. The summed E-state index contributed by atoms with van der Waals surface area (Å²) in [5.74, 6) is 1.81. The average Bonchev–Trinajstić information content (AvgIpc) is 2.99. The molecule has 1 nitrogen and oxygen atoms in total. The van der Waals surface area contributed by atoms with Gasteiger partial charge in [0.05, 0.1) is 0 Å². The molecule has 0 aromatic heterocycles. The van der Waals surface area contributed by atoms with Crippen molar-refractivity contribution in [1.29, 1.82) is 0 Å². The Hall–Kier alpha value is -0.210. The summed E-state index contributed by atoms with van der Waals surface area (Å²) in [6.45, 7) is 9.80. The molecule has 0 aliphatic heterocycles. The van der Waals surface area contributed by atoms with E-state index in [-0.39, 0.29) is 7.43 Å². The molecule has 4 unspecified atom stereocenters. The van der Waals surface area contributed by atoms with E-state index in [1.54, 1.807) is 11.1 Å². The van der Waals surface area contributed by atoms with Gasteiger partial charge in [-0.25, -0.2) is 0 Å². The Morgan fingerprint density at radius 3 is 2.53 bits per heavy atom. The van der Waals surface area contributed by atoms with Crippen molar-refractivity contribution in [1.82, 2.24) is 4.31 Å². The van der Waals surface area contributed by atoms with Crippen molar-refractivity contribution in [3.05, 3.63) is 23.3 Å². The largest absolute Gasteiger partial charge is 0.253 e. The van der Waals surface area contributed by atoms with Gasteiger partial charge in [-0.3, -0.25) is 4.31 Å². The third-order valence-electron chi connectivity index (χ3n) is 8.48. The van der Waals surface area contributed by atoms with Crippen LogP contribution in [0.15, 0.2) is 23.3 Å². The van der Waals surface area contributed by atoms with Gasteiger partial charge in [0.2, 0.25) is 0 Å². The lowest BCUT2D eigenvalue weighted by atomic mass is 9.62. The third-order valence-corrected chi connectivity index (χ3v) is 8.81. The Balaban J connectivity index is 0.00000320. The summed E-state index contributed by atoms with van der Waals surface area (Å²) in [5, 5.41) is 0. The van der Waals surface area contributed by atoms with E-state index in [1.165, 1.54) is 83.5 Å². The molecule has 0 N–H and O–H groups in total. The summed E-state index contributed by atoms with van der Waals surface area (Å²) in [6, 6.07) is 0.623. The van der Waals surface area contributed by atoms with Crippen LogP contribution < -0.4 is 0 Å². The standard InChI is InChI=1S/C27H47NS.CH4/c1-26(2,3)18-7-6-12-23-16-17-25-22(11-9-19-27(23,25)4)15-14-21-10-8-13-24(20-21)28(5)29;/h14-15,23-25,29H,6-13,16-20H2,1-5H3;1H4/b21-14-,22-15+;. The Morgan fingerprint density at radius 1 is 1.07 bits per heavy atom. The highest BCUT2D eigenvalue weighted by molar-refractivity contribution is 7.77. The molecule has 0 aromatic carbocycles. The lowest BCUT2D eigenvalue weighted by Gasteiger charge is -2.42. The normalized spacial score (nSPS) is 35.0. The minimum absolute atomic E-state index is 0. The van der Waals surface area contributed by atoms with Gasteiger partial charge in [0.15, 0.2) is 0 Å². The van der Waals surface area contributed by atoms with E-state index in [0.29, 0.717) is 16.9 Å². The number of rotatable bonds is 6. The zero-order valence-electron chi connectivity index (χ0n) is 20.0. The lowest BCUT2D eigenvalue weighted by molar-refractivity contribution is 0.126. The summed E-state index contributed by atoms with van der Waals surface area (Å²) in [4.78, 5) is 0. The Kier molecular flexibility index (Phi) is 9.62. The number of thiol groups is 1. The third kappa shape index (κ3) is 6.64. The molecule has 0 saturated heterocycles. The quantitative estimate of drug-likeness (QED) is 0.323. The average molecular weight is 434 g/mol. The van der Waals surface area contributed by atoms with Crippen molar-refractivity contribution >= 4 is 12.8 Å². The molecule has 30 heavy (non-hydrogen) atoms. The van der Waals surface area contributed by atoms with Crippen LogP contribution in [0, 0.1) is 22.7 Å². The van der Waals surface area contributed by atoms with Crippen LogP contribution >= 0.6 is 12.8 Å². The maximum absolute atomic E-state index is 4.56. The van der Waals surface area contributed by atoms with E-state index in [9.17, 15) is 0 Å². The first-order chi connectivity index (χ1) is 13.7. The van der Waals surface area contributed by atoms with Crippen molar-refractivity contribution in [2.24, 2.45) is 22.7 Å². The molecule has 174 valence electrons. The maximum Gasteiger partial charge on any atom is 0.0234 e. The minimum atomic E-state index is 0. The molecule has 3 fully saturated rings. The van der Waals surface area contributed by atoms with E-state index in [0.717, 1.165) is 11.8 Å². The zero-order chi connectivity index (χ0) is 21.1. The van der Waals surface area contributed by atoms with Gasteiger partial charge in [-0.05, 0) is 100 Å². The first kappa shape index (κ1) is 26.0. The molecule has 0 aromatic rings.